The van der Waals surface area contributed by atoms with E-state index in [0.717, 1.165) is 0 Å². The van der Waals surface area contributed by atoms with Gasteiger partial charge in [0.1, 0.15) is 0 Å². The summed E-state index contributed by atoms with van der Waals surface area (Å²) in [5.74, 6) is 10.0. The summed E-state index contributed by atoms with van der Waals surface area (Å²) in [6, 6.07) is 6.00. The fourth-order valence-electron chi connectivity index (χ4n) is 0.770. The van der Waals surface area contributed by atoms with Crippen molar-refractivity contribution in [2.75, 3.05) is 0 Å². The maximum atomic E-state index is 2.00. The monoisotopic (exact) mass is 148 g/mol. The van der Waals surface area contributed by atoms with Gasteiger partial charge in [0, 0.05) is 0 Å². The molecule has 0 aliphatic heterocycles. The Labute approximate surface area is 75.9 Å². The van der Waals surface area contributed by atoms with Crippen molar-refractivity contribution in [3.05, 3.63) is 47.9 Å². The molecule has 0 aromatic carbocycles. The molecule has 0 unspecified atom stereocenters. The molecule has 0 saturated heterocycles. The molecular formula is C8H8B4. The van der Waals surface area contributed by atoms with Crippen LogP contribution in [0.15, 0.2) is 47.9 Å². The predicted molar refractivity (Wildman–Crippen MR) is 58.3 cm³/mol. The van der Waals surface area contributed by atoms with Crippen LogP contribution in [0.1, 0.15) is 0 Å². The molecule has 2 aromatic rings. The third-order valence-corrected chi connectivity index (χ3v) is 1.33. The number of hydrogen-bond donors (Lipinski definition) is 0. The summed E-state index contributed by atoms with van der Waals surface area (Å²) in [4.78, 5) is 0. The molecule has 0 amide bonds. The van der Waals surface area contributed by atoms with Crippen LogP contribution in [0.4, 0.5) is 0 Å². The first kappa shape index (κ1) is 9.31. The SMILES string of the molecule is b1bcccc1.b1cbccc1. The zero-order valence-electron chi connectivity index (χ0n) is 6.93. The van der Waals surface area contributed by atoms with Crippen molar-refractivity contribution in [1.82, 2.24) is 0 Å². The first-order valence-electron chi connectivity index (χ1n) is 4.00. The van der Waals surface area contributed by atoms with E-state index < -0.39 is 0 Å². The topological polar surface area (TPSA) is 0 Å². The zero-order chi connectivity index (χ0) is 8.49. The fraction of sp³-hybridized carbons (Fsp3) is 0. The average Bonchev–Trinajstić information content (AvgIpc) is 2.24. The first-order valence-corrected chi connectivity index (χ1v) is 4.00. The van der Waals surface area contributed by atoms with Gasteiger partial charge in [0.15, 0.2) is 0 Å². The van der Waals surface area contributed by atoms with Gasteiger partial charge >= 0.3 is 75.3 Å². The minimum absolute atomic E-state index is 2.00. The summed E-state index contributed by atoms with van der Waals surface area (Å²) in [5.41, 5.74) is 0. The van der Waals surface area contributed by atoms with E-state index in [1.807, 2.05) is 75.3 Å². The van der Waals surface area contributed by atoms with E-state index in [0.29, 0.717) is 0 Å². The van der Waals surface area contributed by atoms with Crippen LogP contribution in [-0.4, -0.2) is 27.4 Å². The molecule has 0 spiro atoms. The Bertz CT molecular complexity index is 186. The molecule has 0 saturated carbocycles. The third kappa shape index (κ3) is 4.95. The zero-order valence-corrected chi connectivity index (χ0v) is 6.93. The van der Waals surface area contributed by atoms with Crippen molar-refractivity contribution >= 4 is 27.4 Å². The molecule has 0 atom stereocenters. The van der Waals surface area contributed by atoms with Gasteiger partial charge in [0.25, 0.3) is 0 Å². The van der Waals surface area contributed by atoms with Gasteiger partial charge in [0.2, 0.25) is 0 Å². The van der Waals surface area contributed by atoms with Gasteiger partial charge in [-0.2, -0.15) is 0 Å². The summed E-state index contributed by atoms with van der Waals surface area (Å²) >= 11 is 0. The van der Waals surface area contributed by atoms with Gasteiger partial charge < -0.3 is 0 Å². The van der Waals surface area contributed by atoms with Crippen molar-refractivity contribution in [3.8, 4) is 0 Å². The van der Waals surface area contributed by atoms with Crippen molar-refractivity contribution < 1.29 is 0 Å². The van der Waals surface area contributed by atoms with Gasteiger partial charge in [0.05, 0.1) is 0 Å². The molecule has 0 N–H and O–H groups in total. The summed E-state index contributed by atoms with van der Waals surface area (Å²) in [6.07, 6.45) is 0. The molecule has 0 aliphatic rings. The van der Waals surface area contributed by atoms with Crippen LogP contribution in [0, 0.1) is 0 Å². The molecule has 12 heavy (non-hydrogen) atoms. The first-order chi connectivity index (χ1) is 6.00. The third-order valence-electron chi connectivity index (χ3n) is 1.33. The molecule has 4 heteroatoms. The molecule has 2 aromatic heterocycles. The van der Waals surface area contributed by atoms with E-state index in [-0.39, 0.29) is 0 Å². The predicted octanol–water partition coefficient (Wildman–Crippen LogP) is 0.726. The van der Waals surface area contributed by atoms with E-state index in [2.05, 4.69) is 0 Å². The fourth-order valence-corrected chi connectivity index (χ4v) is 0.770. The summed E-state index contributed by atoms with van der Waals surface area (Å²) in [5, 5.41) is 0. The van der Waals surface area contributed by atoms with Crippen molar-refractivity contribution in [2.45, 2.75) is 0 Å². The molecule has 0 aliphatic carbocycles. The van der Waals surface area contributed by atoms with E-state index in [9.17, 15) is 0 Å². The molecule has 0 fully saturated rings. The Morgan fingerprint density at radius 1 is 0.583 bits per heavy atom. The van der Waals surface area contributed by atoms with Crippen molar-refractivity contribution in [2.24, 2.45) is 0 Å². The Morgan fingerprint density at radius 3 is 1.33 bits per heavy atom. The summed E-state index contributed by atoms with van der Waals surface area (Å²) < 4.78 is 0. The second kappa shape index (κ2) is 6.90. The Morgan fingerprint density at radius 2 is 1.17 bits per heavy atom. The molecule has 2 rings (SSSR count). The molecule has 0 bridgehead atoms. The Balaban J connectivity index is 0.000000120. The summed E-state index contributed by atoms with van der Waals surface area (Å²) in [7, 11) is 0. The van der Waals surface area contributed by atoms with Crippen LogP contribution in [-0.2, 0) is 0 Å². The molecule has 52 valence electrons. The number of hydrogen-bond acceptors (Lipinski definition) is 0. The van der Waals surface area contributed by atoms with Gasteiger partial charge in [-0.1, -0.05) is 0 Å². The minimum atomic E-state index is 2.00. The van der Waals surface area contributed by atoms with Gasteiger partial charge in [-0.3, -0.25) is 0 Å². The van der Waals surface area contributed by atoms with Crippen LogP contribution in [0.25, 0.3) is 0 Å². The van der Waals surface area contributed by atoms with Gasteiger partial charge in [-0.15, -0.1) is 0 Å². The Hall–Kier alpha value is -0.780. The number of rotatable bonds is 0. The van der Waals surface area contributed by atoms with Crippen LogP contribution in [0.3, 0.4) is 0 Å². The Kier molecular flexibility index (Phi) is 5.35. The maximum absolute atomic E-state index is 2.00. The normalized spacial score (nSPS) is 6.67. The van der Waals surface area contributed by atoms with E-state index in [4.69, 9.17) is 0 Å². The quantitative estimate of drug-likeness (QED) is 0.515. The van der Waals surface area contributed by atoms with E-state index >= 15 is 0 Å². The van der Waals surface area contributed by atoms with Crippen LogP contribution in [0.2, 0.25) is 0 Å². The van der Waals surface area contributed by atoms with E-state index in [1.54, 1.807) is 0 Å². The summed E-state index contributed by atoms with van der Waals surface area (Å²) in [6.45, 7) is 8.00. The van der Waals surface area contributed by atoms with Crippen molar-refractivity contribution in [3.63, 3.8) is 0 Å². The van der Waals surface area contributed by atoms with Crippen LogP contribution in [0.5, 0.6) is 0 Å². The van der Waals surface area contributed by atoms with E-state index in [1.165, 1.54) is 0 Å². The van der Waals surface area contributed by atoms with Gasteiger partial charge in [-0.05, 0) is 0 Å². The molecular weight excluding hydrogens is 139 g/mol. The second-order valence-electron chi connectivity index (χ2n) is 2.31. The standard InChI is InChI=1S/2C4H4B2/c1-2-5-4-6-3-1;1-2-4-6-5-3-1/h2*1-4H. The molecule has 0 nitrogen and oxygen atoms in total. The molecule has 0 radical (unpaired) electrons. The second-order valence-corrected chi connectivity index (χ2v) is 2.31. The molecule has 2 heterocycles. The van der Waals surface area contributed by atoms with Crippen LogP contribution >= 0.6 is 0 Å². The van der Waals surface area contributed by atoms with Crippen LogP contribution < -0.4 is 0 Å². The average molecular weight is 147 g/mol. The van der Waals surface area contributed by atoms with Gasteiger partial charge in [-0.25, -0.2) is 0 Å². The van der Waals surface area contributed by atoms with Crippen molar-refractivity contribution in [1.29, 1.82) is 0 Å².